The van der Waals surface area contributed by atoms with Crippen LogP contribution in [-0.4, -0.2) is 44.2 Å². The Morgan fingerprint density at radius 3 is 2.21 bits per heavy atom. The van der Waals surface area contributed by atoms with E-state index in [2.05, 4.69) is 10.4 Å². The van der Waals surface area contributed by atoms with Gasteiger partial charge in [-0.15, -0.1) is 11.3 Å². The van der Waals surface area contributed by atoms with Crippen molar-refractivity contribution in [1.29, 1.82) is 0 Å². The number of nitrogens with two attached hydrogens (primary N) is 1. The Morgan fingerprint density at radius 2 is 1.70 bits per heavy atom. The molecule has 5 rings (SSSR count). The Labute approximate surface area is 260 Å². The number of primary amides is 1. The van der Waals surface area contributed by atoms with Crippen molar-refractivity contribution in [2.45, 2.75) is 77.8 Å². The molecule has 2 fully saturated rings. The van der Waals surface area contributed by atoms with Gasteiger partial charge in [0.05, 0.1) is 17.7 Å². The molecule has 3 N–H and O–H groups in total. The Balaban J connectivity index is 1.77. The van der Waals surface area contributed by atoms with Crippen molar-refractivity contribution in [2.75, 3.05) is 5.32 Å². The van der Waals surface area contributed by atoms with Crippen LogP contribution in [0.5, 0.6) is 0 Å². The normalized spacial score (nSPS) is 22.5. The maximum atomic E-state index is 14.8. The third-order valence-electron chi connectivity index (χ3n) is 8.88. The quantitative estimate of drug-likeness (QED) is 0.330. The first-order valence-corrected chi connectivity index (χ1v) is 15.9. The number of rotatable bonds is 7. The number of likely N-dealkylation sites (tertiary alicyclic amines) is 1. The molecule has 228 valence electrons. The SMILES string of the molecule is CC(=O)Nc1ccc(C2C(C(=O)c3cc(C)sc3C)C(c3c(C)nn(C)c3Cl)N(C(=O)C3CCCCC3)C2C(N)=O)cc1. The van der Waals surface area contributed by atoms with E-state index in [-0.39, 0.29) is 23.5 Å². The predicted octanol–water partition coefficient (Wildman–Crippen LogP) is 5.62. The molecule has 1 aliphatic carbocycles. The standard InChI is InChI=1S/C32H38ClN5O4S/c1-16-15-23(18(3)43-16)29(40)26-25(20-11-13-22(14-12-20)35-19(4)39)28(31(34)41)38(32(42)21-9-7-6-8-10-21)27(26)24-17(2)36-37(5)30(24)33/h11-15,21,25-28H,6-10H2,1-5H3,(H2,34,41)(H,35,39). The fraction of sp³-hybridized carbons (Fsp3) is 0.469. The molecule has 1 saturated heterocycles. The zero-order chi connectivity index (χ0) is 31.2. The molecule has 4 unspecified atom stereocenters. The van der Waals surface area contributed by atoms with Gasteiger partial charge >= 0.3 is 0 Å². The lowest BCUT2D eigenvalue weighted by Gasteiger charge is -2.34. The van der Waals surface area contributed by atoms with E-state index < -0.39 is 29.8 Å². The van der Waals surface area contributed by atoms with Gasteiger partial charge in [-0.3, -0.25) is 23.9 Å². The number of carbonyl (C=O) groups excluding carboxylic acids is 4. The molecule has 11 heteroatoms. The number of aromatic nitrogens is 2. The Morgan fingerprint density at radius 1 is 1.05 bits per heavy atom. The number of aryl methyl sites for hydroxylation is 4. The summed E-state index contributed by atoms with van der Waals surface area (Å²) in [4.78, 5) is 58.0. The summed E-state index contributed by atoms with van der Waals surface area (Å²) < 4.78 is 1.53. The van der Waals surface area contributed by atoms with Crippen LogP contribution in [0.25, 0.3) is 0 Å². The molecule has 4 atom stereocenters. The average molecular weight is 624 g/mol. The minimum absolute atomic E-state index is 0.174. The van der Waals surface area contributed by atoms with Gasteiger partial charge in [-0.05, 0) is 57.4 Å². The van der Waals surface area contributed by atoms with Crippen LogP contribution < -0.4 is 11.1 Å². The summed E-state index contributed by atoms with van der Waals surface area (Å²) in [5.41, 5.74) is 9.13. The number of benzene rings is 1. The predicted molar refractivity (Wildman–Crippen MR) is 167 cm³/mol. The third-order valence-corrected chi connectivity index (χ3v) is 10.3. The van der Waals surface area contributed by atoms with Crippen molar-refractivity contribution < 1.29 is 19.2 Å². The molecule has 0 radical (unpaired) electrons. The maximum absolute atomic E-state index is 14.8. The summed E-state index contributed by atoms with van der Waals surface area (Å²) in [6, 6.07) is 6.97. The number of carbonyl (C=O) groups is 4. The van der Waals surface area contributed by atoms with Crippen molar-refractivity contribution in [3.05, 3.63) is 67.6 Å². The van der Waals surface area contributed by atoms with Gasteiger partial charge in [-0.2, -0.15) is 5.10 Å². The number of hydrogen-bond donors (Lipinski definition) is 2. The number of anilines is 1. The van der Waals surface area contributed by atoms with Gasteiger partial charge < -0.3 is 16.0 Å². The number of ketones is 1. The van der Waals surface area contributed by atoms with Gasteiger partial charge in [0.15, 0.2) is 5.78 Å². The zero-order valence-electron chi connectivity index (χ0n) is 25.1. The summed E-state index contributed by atoms with van der Waals surface area (Å²) in [7, 11) is 1.72. The van der Waals surface area contributed by atoms with Crippen LogP contribution in [-0.2, 0) is 21.4 Å². The largest absolute Gasteiger partial charge is 0.368 e. The summed E-state index contributed by atoms with van der Waals surface area (Å²) in [6.45, 7) is 7.09. The lowest BCUT2D eigenvalue weighted by molar-refractivity contribution is -0.144. The Bertz CT molecular complexity index is 1570. The van der Waals surface area contributed by atoms with Crippen LogP contribution in [0, 0.1) is 32.6 Å². The molecular formula is C32H38ClN5O4S. The highest BCUT2D eigenvalue weighted by Gasteiger charge is 2.59. The lowest BCUT2D eigenvalue weighted by Crippen LogP contribution is -2.49. The summed E-state index contributed by atoms with van der Waals surface area (Å²) >= 11 is 8.42. The Kier molecular flexibility index (Phi) is 8.81. The van der Waals surface area contributed by atoms with Gasteiger partial charge in [0.25, 0.3) is 0 Å². The molecule has 2 aliphatic rings. The van der Waals surface area contributed by atoms with Crippen molar-refractivity contribution in [3.8, 4) is 0 Å². The van der Waals surface area contributed by atoms with Crippen molar-refractivity contribution in [1.82, 2.24) is 14.7 Å². The van der Waals surface area contributed by atoms with Crippen LogP contribution in [0.15, 0.2) is 30.3 Å². The minimum Gasteiger partial charge on any atom is -0.368 e. The molecule has 1 aliphatic heterocycles. The van der Waals surface area contributed by atoms with Gasteiger partial charge in [0.2, 0.25) is 17.7 Å². The first-order valence-electron chi connectivity index (χ1n) is 14.7. The van der Waals surface area contributed by atoms with Crippen molar-refractivity contribution in [2.24, 2.45) is 24.6 Å². The molecular weight excluding hydrogens is 586 g/mol. The third kappa shape index (κ3) is 5.74. The second-order valence-corrected chi connectivity index (χ2v) is 13.7. The number of amides is 3. The molecule has 3 amide bonds. The van der Waals surface area contributed by atoms with E-state index in [9.17, 15) is 19.2 Å². The van der Waals surface area contributed by atoms with Crippen LogP contribution in [0.4, 0.5) is 5.69 Å². The number of thiophene rings is 1. The number of hydrogen-bond acceptors (Lipinski definition) is 6. The molecule has 43 heavy (non-hydrogen) atoms. The van der Waals surface area contributed by atoms with Crippen LogP contribution in [0.1, 0.15) is 87.9 Å². The fourth-order valence-corrected chi connectivity index (χ4v) is 8.32. The zero-order valence-corrected chi connectivity index (χ0v) is 26.7. The van der Waals surface area contributed by atoms with E-state index >= 15 is 0 Å². The smallest absolute Gasteiger partial charge is 0.240 e. The maximum Gasteiger partial charge on any atom is 0.240 e. The van der Waals surface area contributed by atoms with E-state index in [4.69, 9.17) is 17.3 Å². The van der Waals surface area contributed by atoms with Gasteiger partial charge in [-0.1, -0.05) is 43.0 Å². The molecule has 0 bridgehead atoms. The van der Waals surface area contributed by atoms with E-state index in [1.807, 2.05) is 19.9 Å². The van der Waals surface area contributed by atoms with Crippen molar-refractivity contribution >= 4 is 52.1 Å². The van der Waals surface area contributed by atoms with Crippen LogP contribution >= 0.6 is 22.9 Å². The highest BCUT2D eigenvalue weighted by atomic mass is 35.5. The van der Waals surface area contributed by atoms with E-state index in [0.717, 1.165) is 29.0 Å². The van der Waals surface area contributed by atoms with Gasteiger partial charge in [-0.25, -0.2) is 0 Å². The lowest BCUT2D eigenvalue weighted by atomic mass is 9.76. The molecule has 3 heterocycles. The molecule has 1 saturated carbocycles. The van der Waals surface area contributed by atoms with E-state index in [0.29, 0.717) is 46.1 Å². The molecule has 1 aromatic carbocycles. The summed E-state index contributed by atoms with van der Waals surface area (Å²) in [5.74, 6) is -3.17. The van der Waals surface area contributed by atoms with Crippen molar-refractivity contribution in [3.63, 3.8) is 0 Å². The molecule has 3 aromatic rings. The average Bonchev–Trinajstić information content (AvgIpc) is 3.57. The second-order valence-electron chi connectivity index (χ2n) is 11.8. The second kappa shape index (κ2) is 12.2. The monoisotopic (exact) mass is 623 g/mol. The molecule has 9 nitrogen and oxygen atoms in total. The van der Waals surface area contributed by atoms with Gasteiger partial charge in [0.1, 0.15) is 11.2 Å². The molecule has 2 aromatic heterocycles. The highest BCUT2D eigenvalue weighted by molar-refractivity contribution is 7.12. The first kappa shape index (κ1) is 30.9. The number of nitrogens with zero attached hydrogens (tertiary/aromatic N) is 3. The summed E-state index contributed by atoms with van der Waals surface area (Å²) in [6.07, 6.45) is 4.33. The van der Waals surface area contributed by atoms with E-state index in [1.54, 1.807) is 43.1 Å². The number of Topliss-reactive ketones (excluding diaryl/α,β-unsaturated/α-hetero) is 1. The number of nitrogens with one attached hydrogen (secondary N) is 1. The van der Waals surface area contributed by atoms with Crippen LogP contribution in [0.3, 0.4) is 0 Å². The van der Waals surface area contributed by atoms with Gasteiger partial charge in [0, 0.05) is 52.4 Å². The highest BCUT2D eigenvalue weighted by Crippen LogP contribution is 2.54. The molecule has 0 spiro atoms. The van der Waals surface area contributed by atoms with Crippen LogP contribution in [0.2, 0.25) is 5.15 Å². The topological polar surface area (TPSA) is 127 Å². The summed E-state index contributed by atoms with van der Waals surface area (Å²) in [5, 5.41) is 7.61. The minimum atomic E-state index is -1.10. The number of halogens is 1. The first-order chi connectivity index (χ1) is 20.4. The van der Waals surface area contributed by atoms with E-state index in [1.165, 1.54) is 22.9 Å². The fourth-order valence-electron chi connectivity index (χ4n) is 7.10. The Hall–Kier alpha value is -3.50.